The largest absolute Gasteiger partial charge is 0.493 e. The molecule has 0 bridgehead atoms. The number of piperidine rings is 1. The van der Waals surface area contributed by atoms with Gasteiger partial charge in [0, 0.05) is 49.7 Å². The molecule has 0 radical (unpaired) electrons. The van der Waals surface area contributed by atoms with Gasteiger partial charge in [0.05, 0.1) is 27.0 Å². The Bertz CT molecular complexity index is 1050. The Kier molecular flexibility index (Phi) is 7.02. The molecule has 2 aromatic carbocycles. The molecule has 0 atom stereocenters. The fraction of sp³-hybridized carbons (Fsp3) is 0.360. The van der Waals surface area contributed by atoms with E-state index < -0.39 is 0 Å². The van der Waals surface area contributed by atoms with Crippen molar-refractivity contribution >= 4 is 11.7 Å². The number of hydrogen-bond acceptors (Lipinski definition) is 5. The van der Waals surface area contributed by atoms with E-state index in [1.165, 1.54) is 0 Å². The molecular weight excluding hydrogens is 420 g/mol. The second-order valence-electron chi connectivity index (χ2n) is 8.04. The van der Waals surface area contributed by atoms with Gasteiger partial charge in [0.1, 0.15) is 5.82 Å². The van der Waals surface area contributed by atoms with E-state index in [2.05, 4.69) is 27.0 Å². The van der Waals surface area contributed by atoms with Gasteiger partial charge in [-0.25, -0.2) is 9.78 Å². The average Bonchev–Trinajstić information content (AvgIpc) is 3.32. The number of nitrogens with zero attached hydrogens (tertiary/aromatic N) is 3. The zero-order valence-electron chi connectivity index (χ0n) is 19.3. The molecule has 1 aliphatic heterocycles. The van der Waals surface area contributed by atoms with Crippen LogP contribution in [0.5, 0.6) is 17.2 Å². The van der Waals surface area contributed by atoms with E-state index in [1.54, 1.807) is 33.5 Å². The molecule has 1 saturated heterocycles. The molecule has 8 heteroatoms. The Morgan fingerprint density at radius 1 is 1.03 bits per heavy atom. The number of rotatable bonds is 7. The number of carbonyl (C=O) groups excluding carboxylic acids is 1. The molecule has 174 valence electrons. The highest BCUT2D eigenvalue weighted by Gasteiger charge is 2.24. The van der Waals surface area contributed by atoms with Gasteiger partial charge in [-0.15, -0.1) is 0 Å². The van der Waals surface area contributed by atoms with Gasteiger partial charge in [-0.1, -0.05) is 30.3 Å². The summed E-state index contributed by atoms with van der Waals surface area (Å²) in [7, 11) is 4.66. The monoisotopic (exact) mass is 450 g/mol. The molecule has 1 aliphatic rings. The molecule has 2 heterocycles. The Morgan fingerprint density at radius 3 is 2.30 bits per heavy atom. The molecule has 0 spiro atoms. The van der Waals surface area contributed by atoms with Crippen LogP contribution in [0.2, 0.25) is 0 Å². The van der Waals surface area contributed by atoms with Crippen LogP contribution in [-0.4, -0.2) is 54.9 Å². The molecule has 1 aromatic heterocycles. The van der Waals surface area contributed by atoms with Crippen molar-refractivity contribution in [2.45, 2.75) is 19.4 Å². The number of urea groups is 1. The number of ether oxygens (including phenoxy) is 3. The van der Waals surface area contributed by atoms with Crippen LogP contribution in [0.15, 0.2) is 54.9 Å². The Morgan fingerprint density at radius 2 is 1.70 bits per heavy atom. The van der Waals surface area contributed by atoms with E-state index in [9.17, 15) is 4.79 Å². The predicted molar refractivity (Wildman–Crippen MR) is 127 cm³/mol. The minimum Gasteiger partial charge on any atom is -0.493 e. The van der Waals surface area contributed by atoms with E-state index in [0.717, 1.165) is 30.8 Å². The van der Waals surface area contributed by atoms with Crippen LogP contribution >= 0.6 is 0 Å². The van der Waals surface area contributed by atoms with E-state index in [4.69, 9.17) is 14.2 Å². The van der Waals surface area contributed by atoms with Gasteiger partial charge in [-0.2, -0.15) is 0 Å². The molecule has 1 N–H and O–H groups in total. The number of likely N-dealkylation sites (tertiary alicyclic amines) is 1. The lowest BCUT2D eigenvalue weighted by atomic mass is 9.97. The summed E-state index contributed by atoms with van der Waals surface area (Å²) in [6.07, 6.45) is 5.76. The van der Waals surface area contributed by atoms with Gasteiger partial charge in [0.2, 0.25) is 5.75 Å². The van der Waals surface area contributed by atoms with Crippen molar-refractivity contribution in [2.75, 3.05) is 39.7 Å². The van der Waals surface area contributed by atoms with E-state index in [-0.39, 0.29) is 6.03 Å². The minimum atomic E-state index is -0.129. The number of amides is 2. The molecule has 1 fully saturated rings. The molecular formula is C25H30N4O4. The number of methoxy groups -OCH3 is 3. The lowest BCUT2D eigenvalue weighted by molar-refractivity contribution is 0.177. The van der Waals surface area contributed by atoms with E-state index in [0.29, 0.717) is 41.9 Å². The summed E-state index contributed by atoms with van der Waals surface area (Å²) in [5, 5.41) is 2.96. The van der Waals surface area contributed by atoms with Crippen LogP contribution in [0, 0.1) is 5.92 Å². The molecule has 0 saturated carbocycles. The van der Waals surface area contributed by atoms with Crippen LogP contribution in [-0.2, 0) is 6.54 Å². The minimum absolute atomic E-state index is 0.129. The summed E-state index contributed by atoms with van der Waals surface area (Å²) in [5.41, 5.74) is 1.72. The average molecular weight is 451 g/mol. The van der Waals surface area contributed by atoms with Crippen molar-refractivity contribution < 1.29 is 19.0 Å². The number of benzene rings is 2. The Balaban J connectivity index is 1.35. The maximum atomic E-state index is 12.9. The number of hydrogen-bond donors (Lipinski definition) is 1. The summed E-state index contributed by atoms with van der Waals surface area (Å²) in [4.78, 5) is 19.3. The number of nitrogens with one attached hydrogen (secondary N) is 1. The molecule has 8 nitrogen and oxygen atoms in total. The third-order valence-electron chi connectivity index (χ3n) is 6.02. The smallest absolute Gasteiger partial charge is 0.321 e. The molecule has 3 aromatic rings. The van der Waals surface area contributed by atoms with Crippen molar-refractivity contribution in [3.8, 4) is 28.6 Å². The van der Waals surface area contributed by atoms with Gasteiger partial charge in [-0.05, 0) is 18.8 Å². The Hall–Kier alpha value is -3.68. The zero-order valence-corrected chi connectivity index (χ0v) is 19.3. The van der Waals surface area contributed by atoms with Crippen molar-refractivity contribution in [2.24, 2.45) is 5.92 Å². The summed E-state index contributed by atoms with van der Waals surface area (Å²) in [5.74, 6) is 2.97. The molecule has 2 amide bonds. The van der Waals surface area contributed by atoms with Crippen molar-refractivity contribution in [3.63, 3.8) is 0 Å². The highest BCUT2D eigenvalue weighted by molar-refractivity contribution is 5.90. The molecule has 0 unspecified atom stereocenters. The first-order chi connectivity index (χ1) is 16.1. The highest BCUT2D eigenvalue weighted by atomic mass is 16.5. The third kappa shape index (κ3) is 5.05. The number of anilines is 1. The fourth-order valence-corrected chi connectivity index (χ4v) is 4.26. The van der Waals surface area contributed by atoms with Gasteiger partial charge in [-0.3, -0.25) is 0 Å². The summed E-state index contributed by atoms with van der Waals surface area (Å²) in [6, 6.07) is 13.6. The van der Waals surface area contributed by atoms with Crippen LogP contribution in [0.3, 0.4) is 0 Å². The standard InChI is InChI=1S/C25H30N4O4/c1-31-21-15-20(16-22(32-2)23(21)33-3)27-25(30)28-12-9-18(10-13-28)17-29-14-11-26-24(29)19-7-5-4-6-8-19/h4-8,11,14-16,18H,9-10,12-13,17H2,1-3H3,(H,27,30). The normalized spacial score (nSPS) is 14.1. The first-order valence-corrected chi connectivity index (χ1v) is 11.1. The molecule has 33 heavy (non-hydrogen) atoms. The van der Waals surface area contributed by atoms with Crippen molar-refractivity contribution in [1.29, 1.82) is 0 Å². The fourth-order valence-electron chi connectivity index (χ4n) is 4.26. The third-order valence-corrected chi connectivity index (χ3v) is 6.02. The van der Waals surface area contributed by atoms with Crippen LogP contribution in [0.4, 0.5) is 10.5 Å². The summed E-state index contributed by atoms with van der Waals surface area (Å²) in [6.45, 7) is 2.30. The van der Waals surface area contributed by atoms with Crippen molar-refractivity contribution in [3.05, 3.63) is 54.9 Å². The van der Waals surface area contributed by atoms with Gasteiger partial charge >= 0.3 is 6.03 Å². The second kappa shape index (κ2) is 10.3. The zero-order chi connectivity index (χ0) is 23.2. The Labute approximate surface area is 194 Å². The summed E-state index contributed by atoms with van der Waals surface area (Å²) < 4.78 is 18.3. The van der Waals surface area contributed by atoms with E-state index >= 15 is 0 Å². The number of imidazole rings is 1. The van der Waals surface area contributed by atoms with Crippen LogP contribution in [0.1, 0.15) is 12.8 Å². The first kappa shape index (κ1) is 22.5. The lowest BCUT2D eigenvalue weighted by Crippen LogP contribution is -2.41. The quantitative estimate of drug-likeness (QED) is 0.573. The van der Waals surface area contributed by atoms with Gasteiger partial charge in [0.15, 0.2) is 11.5 Å². The van der Waals surface area contributed by atoms with E-state index in [1.807, 2.05) is 35.5 Å². The lowest BCUT2D eigenvalue weighted by Gasteiger charge is -2.32. The topological polar surface area (TPSA) is 77.9 Å². The number of carbonyl (C=O) groups is 1. The first-order valence-electron chi connectivity index (χ1n) is 11.1. The van der Waals surface area contributed by atoms with Crippen molar-refractivity contribution in [1.82, 2.24) is 14.5 Å². The SMILES string of the molecule is COc1cc(NC(=O)N2CCC(Cn3ccnc3-c3ccccc3)CC2)cc(OC)c1OC. The second-order valence-corrected chi connectivity index (χ2v) is 8.04. The van der Waals surface area contributed by atoms with Crippen LogP contribution < -0.4 is 19.5 Å². The molecule has 0 aliphatic carbocycles. The molecule has 4 rings (SSSR count). The number of aromatic nitrogens is 2. The maximum absolute atomic E-state index is 12.9. The predicted octanol–water partition coefficient (Wildman–Crippen LogP) is 4.52. The van der Waals surface area contributed by atoms with Crippen LogP contribution in [0.25, 0.3) is 11.4 Å². The summed E-state index contributed by atoms with van der Waals surface area (Å²) >= 11 is 0. The van der Waals surface area contributed by atoms with Gasteiger partial charge < -0.3 is 29.0 Å². The maximum Gasteiger partial charge on any atom is 0.321 e. The highest BCUT2D eigenvalue weighted by Crippen LogP contribution is 2.40. The van der Waals surface area contributed by atoms with Gasteiger partial charge in [0.25, 0.3) is 0 Å².